The molecular formula is C21H28N2O3. The van der Waals surface area contributed by atoms with E-state index in [0.29, 0.717) is 25.4 Å². The first kappa shape index (κ1) is 19.6. The van der Waals surface area contributed by atoms with Gasteiger partial charge in [-0.1, -0.05) is 32.9 Å². The first-order valence-corrected chi connectivity index (χ1v) is 8.89. The molecular weight excluding hydrogens is 328 g/mol. The lowest BCUT2D eigenvalue weighted by Crippen LogP contribution is -2.32. The van der Waals surface area contributed by atoms with Gasteiger partial charge in [-0.25, -0.2) is 4.79 Å². The number of hydrogen-bond acceptors (Lipinski definition) is 3. The van der Waals surface area contributed by atoms with E-state index in [0.717, 1.165) is 11.5 Å². The topological polar surface area (TPSA) is 59.6 Å². The standard InChI is InChI=1S/C21H28N2O3/c1-5-25-18-11-9-17(10-12-18)23-20(24)22-13-14-26-19-8-6-7-16(15-19)21(2,3)4/h6-12,15H,5,13-14H2,1-4H3,(H2,22,23,24). The first-order valence-electron chi connectivity index (χ1n) is 8.89. The van der Waals surface area contributed by atoms with E-state index in [1.54, 1.807) is 12.1 Å². The Hall–Kier alpha value is -2.69. The Kier molecular flexibility index (Phi) is 6.89. The monoisotopic (exact) mass is 356 g/mol. The van der Waals surface area contributed by atoms with Crippen LogP contribution < -0.4 is 20.1 Å². The number of ether oxygens (including phenoxy) is 2. The van der Waals surface area contributed by atoms with Crippen LogP contribution in [0.1, 0.15) is 33.3 Å². The summed E-state index contributed by atoms with van der Waals surface area (Å²) < 4.78 is 11.1. The van der Waals surface area contributed by atoms with Crippen molar-refractivity contribution in [2.75, 3.05) is 25.1 Å². The van der Waals surface area contributed by atoms with Crippen molar-refractivity contribution in [3.05, 3.63) is 54.1 Å². The number of hydrogen-bond donors (Lipinski definition) is 2. The summed E-state index contributed by atoms with van der Waals surface area (Å²) in [5.74, 6) is 1.59. The van der Waals surface area contributed by atoms with Crippen molar-refractivity contribution in [1.82, 2.24) is 5.32 Å². The van der Waals surface area contributed by atoms with Gasteiger partial charge < -0.3 is 20.1 Å². The second-order valence-electron chi connectivity index (χ2n) is 6.96. The zero-order valence-electron chi connectivity index (χ0n) is 16.0. The van der Waals surface area contributed by atoms with E-state index in [2.05, 4.69) is 37.5 Å². The van der Waals surface area contributed by atoms with Crippen LogP contribution in [0.2, 0.25) is 0 Å². The van der Waals surface area contributed by atoms with Gasteiger partial charge in [0.15, 0.2) is 0 Å². The Labute approximate surface area is 155 Å². The molecule has 0 bridgehead atoms. The highest BCUT2D eigenvalue weighted by atomic mass is 16.5. The second kappa shape index (κ2) is 9.13. The molecule has 0 heterocycles. The molecule has 0 atom stereocenters. The van der Waals surface area contributed by atoms with Crippen LogP contribution >= 0.6 is 0 Å². The molecule has 5 nitrogen and oxygen atoms in total. The third-order valence-electron chi connectivity index (χ3n) is 3.78. The maximum absolute atomic E-state index is 11.9. The predicted octanol–water partition coefficient (Wildman–Crippen LogP) is 4.58. The van der Waals surface area contributed by atoms with Crippen molar-refractivity contribution in [3.8, 4) is 11.5 Å². The van der Waals surface area contributed by atoms with Crippen LogP contribution in [0.25, 0.3) is 0 Å². The zero-order valence-corrected chi connectivity index (χ0v) is 16.0. The molecule has 0 saturated heterocycles. The molecule has 2 amide bonds. The number of carbonyl (C=O) groups is 1. The molecule has 2 rings (SSSR count). The van der Waals surface area contributed by atoms with Crippen LogP contribution in [0.15, 0.2) is 48.5 Å². The Bertz CT molecular complexity index is 706. The largest absolute Gasteiger partial charge is 0.494 e. The zero-order chi connectivity index (χ0) is 19.0. The Balaban J connectivity index is 1.73. The average Bonchev–Trinajstić information content (AvgIpc) is 2.60. The summed E-state index contributed by atoms with van der Waals surface area (Å²) in [5.41, 5.74) is 2.01. The Morgan fingerprint density at radius 3 is 2.38 bits per heavy atom. The van der Waals surface area contributed by atoms with E-state index < -0.39 is 0 Å². The second-order valence-corrected chi connectivity index (χ2v) is 6.96. The van der Waals surface area contributed by atoms with Crippen LogP contribution in [0.5, 0.6) is 11.5 Å². The van der Waals surface area contributed by atoms with Gasteiger partial charge in [0.1, 0.15) is 18.1 Å². The molecule has 0 aliphatic rings. The number of anilines is 1. The summed E-state index contributed by atoms with van der Waals surface area (Å²) in [6.45, 7) is 9.87. The SMILES string of the molecule is CCOc1ccc(NC(=O)NCCOc2cccc(C(C)(C)C)c2)cc1. The highest BCUT2D eigenvalue weighted by Gasteiger charge is 2.13. The molecule has 0 unspecified atom stereocenters. The molecule has 0 fully saturated rings. The summed E-state index contributed by atoms with van der Waals surface area (Å²) in [4.78, 5) is 11.9. The van der Waals surface area contributed by atoms with Crippen molar-refractivity contribution in [2.24, 2.45) is 0 Å². The summed E-state index contributed by atoms with van der Waals surface area (Å²) in [5, 5.41) is 5.56. The van der Waals surface area contributed by atoms with Crippen LogP contribution in [-0.2, 0) is 5.41 Å². The van der Waals surface area contributed by atoms with Gasteiger partial charge in [-0.3, -0.25) is 0 Å². The van der Waals surface area contributed by atoms with E-state index in [1.165, 1.54) is 5.56 Å². The van der Waals surface area contributed by atoms with Gasteiger partial charge in [0.2, 0.25) is 0 Å². The minimum Gasteiger partial charge on any atom is -0.494 e. The van der Waals surface area contributed by atoms with Crippen molar-refractivity contribution >= 4 is 11.7 Å². The Morgan fingerprint density at radius 2 is 1.73 bits per heavy atom. The third-order valence-corrected chi connectivity index (χ3v) is 3.78. The van der Waals surface area contributed by atoms with Gasteiger partial charge in [0.05, 0.1) is 13.2 Å². The quantitative estimate of drug-likeness (QED) is 0.714. The summed E-state index contributed by atoms with van der Waals surface area (Å²) in [7, 11) is 0. The fourth-order valence-corrected chi connectivity index (χ4v) is 2.36. The predicted molar refractivity (Wildman–Crippen MR) is 105 cm³/mol. The molecule has 0 aliphatic heterocycles. The van der Waals surface area contributed by atoms with Gasteiger partial charge >= 0.3 is 6.03 Å². The maximum atomic E-state index is 11.9. The summed E-state index contributed by atoms with van der Waals surface area (Å²) >= 11 is 0. The van der Waals surface area contributed by atoms with Crippen molar-refractivity contribution < 1.29 is 14.3 Å². The molecule has 0 saturated carbocycles. The van der Waals surface area contributed by atoms with Gasteiger partial charge in [0.25, 0.3) is 0 Å². The third kappa shape index (κ3) is 6.31. The average molecular weight is 356 g/mol. The molecule has 2 N–H and O–H groups in total. The van der Waals surface area contributed by atoms with E-state index in [4.69, 9.17) is 9.47 Å². The fourth-order valence-electron chi connectivity index (χ4n) is 2.36. The lowest BCUT2D eigenvalue weighted by molar-refractivity contribution is 0.247. The van der Waals surface area contributed by atoms with Gasteiger partial charge in [0, 0.05) is 5.69 Å². The molecule has 5 heteroatoms. The summed E-state index contributed by atoms with van der Waals surface area (Å²) in [6, 6.07) is 15.0. The van der Waals surface area contributed by atoms with Crippen LogP contribution in [0, 0.1) is 0 Å². The number of amides is 2. The maximum Gasteiger partial charge on any atom is 0.319 e. The van der Waals surface area contributed by atoms with E-state index in [-0.39, 0.29) is 11.4 Å². The normalized spacial score (nSPS) is 10.9. The minimum absolute atomic E-state index is 0.0786. The van der Waals surface area contributed by atoms with E-state index in [9.17, 15) is 4.79 Å². The number of urea groups is 1. The highest BCUT2D eigenvalue weighted by molar-refractivity contribution is 5.89. The Morgan fingerprint density at radius 1 is 1.00 bits per heavy atom. The summed E-state index contributed by atoms with van der Waals surface area (Å²) in [6.07, 6.45) is 0. The molecule has 26 heavy (non-hydrogen) atoms. The molecule has 2 aromatic rings. The molecule has 0 radical (unpaired) electrons. The smallest absolute Gasteiger partial charge is 0.319 e. The van der Waals surface area contributed by atoms with Gasteiger partial charge in [-0.2, -0.15) is 0 Å². The van der Waals surface area contributed by atoms with E-state index >= 15 is 0 Å². The first-order chi connectivity index (χ1) is 12.4. The highest BCUT2D eigenvalue weighted by Crippen LogP contribution is 2.25. The number of benzene rings is 2. The lowest BCUT2D eigenvalue weighted by atomic mass is 9.87. The van der Waals surface area contributed by atoms with Crippen LogP contribution in [0.3, 0.4) is 0 Å². The lowest BCUT2D eigenvalue weighted by Gasteiger charge is -2.19. The van der Waals surface area contributed by atoms with Crippen molar-refractivity contribution in [2.45, 2.75) is 33.1 Å². The number of nitrogens with one attached hydrogen (secondary N) is 2. The van der Waals surface area contributed by atoms with E-state index in [1.807, 2.05) is 37.3 Å². The molecule has 0 aromatic heterocycles. The van der Waals surface area contributed by atoms with Crippen LogP contribution in [-0.4, -0.2) is 25.8 Å². The fraction of sp³-hybridized carbons (Fsp3) is 0.381. The molecule has 140 valence electrons. The molecule has 2 aromatic carbocycles. The van der Waals surface area contributed by atoms with Crippen molar-refractivity contribution in [3.63, 3.8) is 0 Å². The number of rotatable bonds is 7. The van der Waals surface area contributed by atoms with Gasteiger partial charge in [-0.05, 0) is 54.3 Å². The van der Waals surface area contributed by atoms with Crippen molar-refractivity contribution in [1.29, 1.82) is 0 Å². The van der Waals surface area contributed by atoms with Crippen LogP contribution in [0.4, 0.5) is 10.5 Å². The number of carbonyl (C=O) groups excluding carboxylic acids is 1. The van der Waals surface area contributed by atoms with Gasteiger partial charge in [-0.15, -0.1) is 0 Å². The molecule has 0 spiro atoms. The molecule has 0 aliphatic carbocycles. The minimum atomic E-state index is -0.263.